The summed E-state index contributed by atoms with van der Waals surface area (Å²) < 4.78 is 28.0. The van der Waals surface area contributed by atoms with Crippen LogP contribution in [0.4, 0.5) is 8.78 Å². The Hall–Kier alpha value is -1.84. The summed E-state index contributed by atoms with van der Waals surface area (Å²) in [6.45, 7) is 5.88. The molecule has 1 aromatic heterocycles. The van der Waals surface area contributed by atoms with Gasteiger partial charge in [0.25, 0.3) is 0 Å². The highest BCUT2D eigenvalue weighted by Crippen LogP contribution is 2.18. The number of hydrogen-bond acceptors (Lipinski definition) is 1. The van der Waals surface area contributed by atoms with Crippen LogP contribution in [0.25, 0.3) is 0 Å². The van der Waals surface area contributed by atoms with Gasteiger partial charge in [0, 0.05) is 11.4 Å². The number of rotatable bonds is 3. The zero-order valence-electron chi connectivity index (χ0n) is 10.7. The van der Waals surface area contributed by atoms with Crippen molar-refractivity contribution in [1.82, 2.24) is 4.68 Å². The number of hydrogen-bond donors (Lipinski definition) is 1. The molecule has 2 nitrogen and oxygen atoms in total. The molecule has 1 unspecified atom stereocenters. The van der Waals surface area contributed by atoms with Crippen LogP contribution < -0.4 is 5.43 Å². The molecular formula is C14H16F2N2. The summed E-state index contributed by atoms with van der Waals surface area (Å²) in [5, 5.41) is 0. The minimum absolute atomic E-state index is 0.107. The first-order valence-electron chi connectivity index (χ1n) is 5.85. The molecule has 4 heteroatoms. The van der Waals surface area contributed by atoms with Crippen molar-refractivity contribution >= 4 is 0 Å². The average Bonchev–Trinajstić information content (AvgIpc) is 2.64. The predicted molar refractivity (Wildman–Crippen MR) is 68.0 cm³/mol. The minimum Gasteiger partial charge on any atom is -0.319 e. The molecule has 2 rings (SSSR count). The first-order chi connectivity index (χ1) is 8.49. The lowest BCUT2D eigenvalue weighted by Gasteiger charge is -2.20. The topological polar surface area (TPSA) is 17.0 Å². The molecule has 1 aromatic carbocycles. The van der Waals surface area contributed by atoms with Gasteiger partial charge in [0.2, 0.25) is 0 Å². The fraction of sp³-hybridized carbons (Fsp3) is 0.286. The number of halogens is 2. The number of aromatic nitrogens is 1. The van der Waals surface area contributed by atoms with Gasteiger partial charge in [0.1, 0.15) is 0 Å². The van der Waals surface area contributed by atoms with E-state index in [1.165, 1.54) is 6.07 Å². The third-order valence-corrected chi connectivity index (χ3v) is 3.04. The zero-order chi connectivity index (χ0) is 13.3. The lowest BCUT2D eigenvalue weighted by atomic mass is 10.1. The molecule has 0 bridgehead atoms. The molecule has 0 amide bonds. The van der Waals surface area contributed by atoms with E-state index >= 15 is 0 Å². The molecule has 18 heavy (non-hydrogen) atoms. The number of nitrogens with one attached hydrogen (secondary N) is 1. The molecule has 1 heterocycles. The Morgan fingerprint density at radius 2 is 1.61 bits per heavy atom. The molecule has 0 saturated heterocycles. The van der Waals surface area contributed by atoms with Gasteiger partial charge in [-0.25, -0.2) is 8.78 Å². The summed E-state index contributed by atoms with van der Waals surface area (Å²) in [5.74, 6) is -1.64. The largest absolute Gasteiger partial charge is 0.319 e. The first kappa shape index (κ1) is 12.6. The van der Waals surface area contributed by atoms with Crippen LogP contribution in [0.5, 0.6) is 0 Å². The van der Waals surface area contributed by atoms with E-state index in [9.17, 15) is 8.78 Å². The quantitative estimate of drug-likeness (QED) is 0.879. The van der Waals surface area contributed by atoms with Crippen LogP contribution in [-0.4, -0.2) is 4.68 Å². The molecular weight excluding hydrogens is 234 g/mol. The maximum absolute atomic E-state index is 13.2. The molecule has 0 aliphatic carbocycles. The van der Waals surface area contributed by atoms with E-state index in [0.717, 1.165) is 17.5 Å². The summed E-state index contributed by atoms with van der Waals surface area (Å²) in [7, 11) is 0. The highest BCUT2D eigenvalue weighted by molar-refractivity contribution is 5.24. The molecule has 1 atom stereocenters. The highest BCUT2D eigenvalue weighted by atomic mass is 19.2. The second-order valence-electron chi connectivity index (χ2n) is 4.48. The van der Waals surface area contributed by atoms with Gasteiger partial charge in [-0.15, -0.1) is 0 Å². The van der Waals surface area contributed by atoms with Gasteiger partial charge in [-0.1, -0.05) is 6.07 Å². The van der Waals surface area contributed by atoms with E-state index in [0.29, 0.717) is 5.56 Å². The molecule has 2 aromatic rings. The van der Waals surface area contributed by atoms with Crippen LogP contribution in [0.3, 0.4) is 0 Å². The van der Waals surface area contributed by atoms with Crippen molar-refractivity contribution in [3.8, 4) is 0 Å². The van der Waals surface area contributed by atoms with E-state index in [1.807, 2.05) is 37.6 Å². The summed E-state index contributed by atoms with van der Waals surface area (Å²) in [6, 6.07) is 7.86. The Balaban J connectivity index is 2.22. The summed E-state index contributed by atoms with van der Waals surface area (Å²) in [5.41, 5.74) is 6.10. The minimum atomic E-state index is -0.820. The standard InChI is InChI=1S/C14H16F2N2/c1-9-4-5-10(2)18(9)17-11(3)12-6-7-13(15)14(16)8-12/h4-8,11,17H,1-3H3. The van der Waals surface area contributed by atoms with E-state index in [4.69, 9.17) is 0 Å². The summed E-state index contributed by atoms with van der Waals surface area (Å²) in [4.78, 5) is 0. The molecule has 0 spiro atoms. The van der Waals surface area contributed by atoms with Crippen LogP contribution in [-0.2, 0) is 0 Å². The number of aryl methyl sites for hydroxylation is 2. The van der Waals surface area contributed by atoms with Crippen molar-refractivity contribution in [2.24, 2.45) is 0 Å². The Labute approximate surface area is 105 Å². The van der Waals surface area contributed by atoms with Gasteiger partial charge in [-0.05, 0) is 50.6 Å². The third-order valence-electron chi connectivity index (χ3n) is 3.04. The Morgan fingerprint density at radius 3 is 2.17 bits per heavy atom. The van der Waals surface area contributed by atoms with Crippen molar-refractivity contribution in [2.75, 3.05) is 5.43 Å². The van der Waals surface area contributed by atoms with Crippen molar-refractivity contribution in [2.45, 2.75) is 26.8 Å². The Bertz CT molecular complexity index is 541. The van der Waals surface area contributed by atoms with Crippen LogP contribution in [0.2, 0.25) is 0 Å². The van der Waals surface area contributed by atoms with E-state index < -0.39 is 11.6 Å². The zero-order valence-corrected chi connectivity index (χ0v) is 10.7. The monoisotopic (exact) mass is 250 g/mol. The Morgan fingerprint density at radius 1 is 1.00 bits per heavy atom. The maximum Gasteiger partial charge on any atom is 0.159 e. The molecule has 96 valence electrons. The van der Waals surface area contributed by atoms with Gasteiger partial charge in [-0.3, -0.25) is 4.68 Å². The number of benzene rings is 1. The molecule has 0 aliphatic rings. The van der Waals surface area contributed by atoms with E-state index in [-0.39, 0.29) is 6.04 Å². The van der Waals surface area contributed by atoms with Crippen LogP contribution in [0.1, 0.15) is 29.9 Å². The molecule has 0 fully saturated rings. The van der Waals surface area contributed by atoms with Gasteiger partial charge >= 0.3 is 0 Å². The SMILES string of the molecule is Cc1ccc(C)n1NC(C)c1ccc(F)c(F)c1. The van der Waals surface area contributed by atoms with Crippen LogP contribution in [0, 0.1) is 25.5 Å². The van der Waals surface area contributed by atoms with E-state index in [2.05, 4.69) is 5.43 Å². The second kappa shape index (κ2) is 4.80. The highest BCUT2D eigenvalue weighted by Gasteiger charge is 2.10. The van der Waals surface area contributed by atoms with Crippen LogP contribution >= 0.6 is 0 Å². The normalized spacial score (nSPS) is 12.5. The van der Waals surface area contributed by atoms with Gasteiger partial charge in [-0.2, -0.15) is 0 Å². The first-order valence-corrected chi connectivity index (χ1v) is 5.85. The van der Waals surface area contributed by atoms with Crippen LogP contribution in [0.15, 0.2) is 30.3 Å². The maximum atomic E-state index is 13.2. The van der Waals surface area contributed by atoms with Crippen molar-refractivity contribution in [3.05, 3.63) is 58.9 Å². The predicted octanol–water partition coefficient (Wildman–Crippen LogP) is 3.69. The molecule has 0 radical (unpaired) electrons. The summed E-state index contributed by atoms with van der Waals surface area (Å²) in [6.07, 6.45) is 0. The smallest absolute Gasteiger partial charge is 0.159 e. The van der Waals surface area contributed by atoms with Gasteiger partial charge < -0.3 is 5.43 Å². The Kier molecular flexibility index (Phi) is 3.36. The average molecular weight is 250 g/mol. The fourth-order valence-corrected chi connectivity index (χ4v) is 1.92. The lowest BCUT2D eigenvalue weighted by molar-refractivity contribution is 0.505. The fourth-order valence-electron chi connectivity index (χ4n) is 1.92. The number of nitrogens with zero attached hydrogens (tertiary/aromatic N) is 1. The molecule has 1 N–H and O–H groups in total. The lowest BCUT2D eigenvalue weighted by Crippen LogP contribution is -2.21. The summed E-state index contributed by atoms with van der Waals surface area (Å²) >= 11 is 0. The van der Waals surface area contributed by atoms with Crippen molar-refractivity contribution in [3.63, 3.8) is 0 Å². The second-order valence-corrected chi connectivity index (χ2v) is 4.48. The van der Waals surface area contributed by atoms with Crippen molar-refractivity contribution < 1.29 is 8.78 Å². The van der Waals surface area contributed by atoms with Crippen molar-refractivity contribution in [1.29, 1.82) is 0 Å². The van der Waals surface area contributed by atoms with E-state index in [1.54, 1.807) is 6.07 Å². The third kappa shape index (κ3) is 2.37. The van der Waals surface area contributed by atoms with Gasteiger partial charge in [0.05, 0.1) is 6.04 Å². The van der Waals surface area contributed by atoms with Gasteiger partial charge in [0.15, 0.2) is 11.6 Å². The molecule has 0 saturated carbocycles. The molecule has 0 aliphatic heterocycles.